The van der Waals surface area contributed by atoms with Gasteiger partial charge in [0.15, 0.2) is 5.96 Å². The molecule has 0 amide bonds. The van der Waals surface area contributed by atoms with Crippen LogP contribution in [0.5, 0.6) is 0 Å². The molecule has 9 heteroatoms. The number of rotatable bonds is 8. The van der Waals surface area contributed by atoms with Crippen LogP contribution in [0, 0.1) is 5.82 Å². The van der Waals surface area contributed by atoms with Gasteiger partial charge in [-0.15, -0.1) is 24.0 Å². The Bertz CT molecular complexity index is 934. The van der Waals surface area contributed by atoms with E-state index in [2.05, 4.69) is 15.6 Å². The van der Waals surface area contributed by atoms with Gasteiger partial charge in [0.2, 0.25) is 10.0 Å². The van der Waals surface area contributed by atoms with E-state index in [9.17, 15) is 12.8 Å². The summed E-state index contributed by atoms with van der Waals surface area (Å²) in [5.74, 6) is 0.321. The number of halogens is 2. The molecule has 2 aromatic carbocycles. The number of nitrogens with one attached hydrogen (secondary N) is 2. The molecule has 0 atom stereocenters. The Morgan fingerprint density at radius 3 is 2.33 bits per heavy atom. The van der Waals surface area contributed by atoms with Gasteiger partial charge in [-0.1, -0.05) is 24.3 Å². The predicted molar refractivity (Wildman–Crippen MR) is 130 cm³/mol. The summed E-state index contributed by atoms with van der Waals surface area (Å²) in [4.78, 5) is 4.73. The Morgan fingerprint density at radius 1 is 1.10 bits per heavy atom. The average molecular weight is 548 g/mol. The Labute approximate surface area is 196 Å². The number of hydrogen-bond donors (Lipinski definition) is 2. The Hall–Kier alpha value is -1.72. The zero-order valence-electron chi connectivity index (χ0n) is 17.7. The summed E-state index contributed by atoms with van der Waals surface area (Å²) in [5.41, 5.74) is 1.71. The molecule has 6 nitrogen and oxygen atoms in total. The highest BCUT2D eigenvalue weighted by Gasteiger charge is 2.22. The molecule has 0 saturated heterocycles. The van der Waals surface area contributed by atoms with E-state index in [1.54, 1.807) is 37.4 Å². The molecule has 0 spiro atoms. The zero-order chi connectivity index (χ0) is 21.4. The lowest BCUT2D eigenvalue weighted by molar-refractivity contribution is 0.410. The van der Waals surface area contributed by atoms with Gasteiger partial charge in [-0.3, -0.25) is 0 Å². The number of benzene rings is 2. The minimum absolute atomic E-state index is 0. The smallest absolute Gasteiger partial charge is 0.243 e. The van der Waals surface area contributed by atoms with Gasteiger partial charge in [0.05, 0.1) is 11.4 Å². The Morgan fingerprint density at radius 2 is 1.77 bits per heavy atom. The van der Waals surface area contributed by atoms with Crippen LogP contribution in [0.15, 0.2) is 58.4 Å². The zero-order valence-corrected chi connectivity index (χ0v) is 20.9. The number of aliphatic imine (C=N–C) groups is 1. The molecule has 166 valence electrons. The second-order valence-electron chi connectivity index (χ2n) is 6.94. The molecule has 0 heterocycles. The number of guanidine groups is 1. The van der Waals surface area contributed by atoms with Crippen LogP contribution in [0.1, 0.15) is 31.9 Å². The molecule has 0 saturated carbocycles. The minimum atomic E-state index is -3.49. The van der Waals surface area contributed by atoms with E-state index < -0.39 is 10.0 Å². The van der Waals surface area contributed by atoms with Crippen LogP contribution in [0.3, 0.4) is 0 Å². The van der Waals surface area contributed by atoms with Gasteiger partial charge in [0, 0.05) is 26.2 Å². The molecule has 30 heavy (non-hydrogen) atoms. The van der Waals surface area contributed by atoms with Gasteiger partial charge < -0.3 is 10.6 Å². The molecule has 2 rings (SSSR count). The molecule has 0 unspecified atom stereocenters. The third-order valence-electron chi connectivity index (χ3n) is 4.44. The third-order valence-corrected chi connectivity index (χ3v) is 6.49. The summed E-state index contributed by atoms with van der Waals surface area (Å²) >= 11 is 0. The molecular formula is C21H30FIN4O2S. The number of nitrogens with zero attached hydrogens (tertiary/aromatic N) is 2. The molecule has 0 aromatic heterocycles. The van der Waals surface area contributed by atoms with Crippen LogP contribution in [-0.4, -0.2) is 38.3 Å². The van der Waals surface area contributed by atoms with E-state index in [0.29, 0.717) is 25.6 Å². The fourth-order valence-corrected chi connectivity index (χ4v) is 3.92. The van der Waals surface area contributed by atoms with Crippen LogP contribution in [0.2, 0.25) is 0 Å². The van der Waals surface area contributed by atoms with Gasteiger partial charge >= 0.3 is 0 Å². The van der Waals surface area contributed by atoms with Crippen molar-refractivity contribution in [3.8, 4) is 0 Å². The highest BCUT2D eigenvalue weighted by molar-refractivity contribution is 14.0. The van der Waals surface area contributed by atoms with Crippen molar-refractivity contribution in [3.63, 3.8) is 0 Å². The van der Waals surface area contributed by atoms with Gasteiger partial charge in [-0.2, -0.15) is 4.31 Å². The van der Waals surface area contributed by atoms with E-state index in [1.165, 1.54) is 16.4 Å². The monoisotopic (exact) mass is 548 g/mol. The summed E-state index contributed by atoms with van der Waals surface area (Å²) in [6, 6.07) is 13.0. The largest absolute Gasteiger partial charge is 0.357 e. The molecule has 0 aliphatic heterocycles. The first-order valence-corrected chi connectivity index (χ1v) is 11.0. The van der Waals surface area contributed by atoms with Gasteiger partial charge in [0.25, 0.3) is 0 Å². The lowest BCUT2D eigenvalue weighted by atomic mass is 10.2. The molecule has 0 radical (unpaired) electrons. The summed E-state index contributed by atoms with van der Waals surface area (Å²) in [5, 5.41) is 6.35. The van der Waals surface area contributed by atoms with E-state index in [4.69, 9.17) is 0 Å². The molecule has 0 bridgehead atoms. The third kappa shape index (κ3) is 7.51. The lowest BCUT2D eigenvalue weighted by Crippen LogP contribution is -2.36. The van der Waals surface area contributed by atoms with E-state index in [-0.39, 0.29) is 40.7 Å². The van der Waals surface area contributed by atoms with Gasteiger partial charge in [0.1, 0.15) is 5.82 Å². The summed E-state index contributed by atoms with van der Waals surface area (Å²) < 4.78 is 39.7. The molecular weight excluding hydrogens is 518 g/mol. The van der Waals surface area contributed by atoms with Crippen molar-refractivity contribution in [2.75, 3.05) is 13.6 Å². The highest BCUT2D eigenvalue weighted by Crippen LogP contribution is 2.17. The van der Waals surface area contributed by atoms with Crippen LogP contribution < -0.4 is 10.6 Å². The van der Waals surface area contributed by atoms with Crippen molar-refractivity contribution in [1.29, 1.82) is 0 Å². The second kappa shape index (κ2) is 12.2. The fourth-order valence-electron chi connectivity index (χ4n) is 2.56. The molecule has 0 aliphatic rings. The minimum Gasteiger partial charge on any atom is -0.357 e. The maximum atomic E-state index is 13.3. The van der Waals surface area contributed by atoms with Crippen LogP contribution >= 0.6 is 24.0 Å². The van der Waals surface area contributed by atoms with Crippen LogP contribution in [0.4, 0.5) is 4.39 Å². The fraction of sp³-hybridized carbons (Fsp3) is 0.381. The number of hydrogen-bond acceptors (Lipinski definition) is 3. The quantitative estimate of drug-likeness (QED) is 0.300. The van der Waals surface area contributed by atoms with Crippen LogP contribution in [0.25, 0.3) is 0 Å². The standard InChI is InChI=1S/C21H29FN4O2S.HI/c1-5-23-21(25-15-18-7-6-8-19(22)13-18)24-14-17-9-11-20(12-10-17)29(27,28)26(4)16(2)3;/h6-13,16H,5,14-15H2,1-4H3,(H2,23,24,25);1H. The first-order chi connectivity index (χ1) is 13.7. The van der Waals surface area contributed by atoms with E-state index in [0.717, 1.165) is 11.1 Å². The maximum absolute atomic E-state index is 13.3. The second-order valence-corrected chi connectivity index (χ2v) is 8.94. The number of sulfonamides is 1. The van der Waals surface area contributed by atoms with E-state index in [1.807, 2.05) is 26.8 Å². The molecule has 2 aromatic rings. The molecule has 0 fully saturated rings. The summed E-state index contributed by atoms with van der Waals surface area (Å²) in [6.07, 6.45) is 0. The van der Waals surface area contributed by atoms with Crippen molar-refractivity contribution < 1.29 is 12.8 Å². The van der Waals surface area contributed by atoms with Crippen molar-refractivity contribution in [1.82, 2.24) is 14.9 Å². The first-order valence-electron chi connectivity index (χ1n) is 9.57. The average Bonchev–Trinajstić information content (AvgIpc) is 2.69. The SMILES string of the molecule is CCNC(=NCc1cccc(F)c1)NCc1ccc(S(=O)(=O)N(C)C(C)C)cc1.I. The van der Waals surface area contributed by atoms with Gasteiger partial charge in [-0.05, 0) is 56.2 Å². The summed E-state index contributed by atoms with van der Waals surface area (Å²) in [7, 11) is -1.91. The van der Waals surface area contributed by atoms with E-state index >= 15 is 0 Å². The maximum Gasteiger partial charge on any atom is 0.243 e. The molecule has 2 N–H and O–H groups in total. The molecule has 0 aliphatic carbocycles. The Balaban J connectivity index is 0.00000450. The first kappa shape index (κ1) is 26.3. The van der Waals surface area contributed by atoms with Crippen molar-refractivity contribution in [3.05, 3.63) is 65.5 Å². The topological polar surface area (TPSA) is 73.8 Å². The predicted octanol–water partition coefficient (Wildman–Crippen LogP) is 3.73. The van der Waals surface area contributed by atoms with Crippen molar-refractivity contribution >= 4 is 40.0 Å². The van der Waals surface area contributed by atoms with Gasteiger partial charge in [-0.25, -0.2) is 17.8 Å². The summed E-state index contributed by atoms with van der Waals surface area (Å²) in [6.45, 7) is 7.15. The van der Waals surface area contributed by atoms with Crippen molar-refractivity contribution in [2.45, 2.75) is 44.8 Å². The highest BCUT2D eigenvalue weighted by atomic mass is 127. The van der Waals surface area contributed by atoms with Crippen LogP contribution in [-0.2, 0) is 23.1 Å². The normalized spacial score (nSPS) is 12.0. The Kier molecular flexibility index (Phi) is 10.7. The van der Waals surface area contributed by atoms with Crippen molar-refractivity contribution in [2.24, 2.45) is 4.99 Å². The lowest BCUT2D eigenvalue weighted by Gasteiger charge is -2.21.